The normalized spacial score (nSPS) is 12.4. The standard InChI is InChI=1S/C20H25N.C12H8S/c1-19(2,3)13-10-11-14-17(12-13)21-16-9-7-8-15(18(14)16)20(4,5)6;1-3-7-11-9(5-1)10-6-2-4-8-12(10)13-11/h7-12,21H,1-6H3;1-8H. The summed E-state index contributed by atoms with van der Waals surface area (Å²) in [6, 6.07) is 30.6. The van der Waals surface area contributed by atoms with E-state index in [1.54, 1.807) is 0 Å². The lowest BCUT2D eigenvalue weighted by atomic mass is 9.83. The Balaban J connectivity index is 0.000000157. The van der Waals surface area contributed by atoms with Gasteiger partial charge >= 0.3 is 0 Å². The molecule has 0 aliphatic heterocycles. The molecule has 4 aromatic carbocycles. The van der Waals surface area contributed by atoms with Crippen molar-refractivity contribution in [2.75, 3.05) is 0 Å². The summed E-state index contributed by atoms with van der Waals surface area (Å²) in [6.45, 7) is 13.6. The highest BCUT2D eigenvalue weighted by Gasteiger charge is 2.20. The molecule has 0 spiro atoms. The third-order valence-electron chi connectivity index (χ3n) is 6.58. The number of hydrogen-bond acceptors (Lipinski definition) is 1. The zero-order valence-electron chi connectivity index (χ0n) is 21.0. The lowest BCUT2D eigenvalue weighted by Crippen LogP contribution is -2.11. The molecule has 34 heavy (non-hydrogen) atoms. The molecule has 1 nitrogen and oxygen atoms in total. The van der Waals surface area contributed by atoms with E-state index < -0.39 is 0 Å². The largest absolute Gasteiger partial charge is 0.354 e. The van der Waals surface area contributed by atoms with Crippen molar-refractivity contribution >= 4 is 53.3 Å². The molecule has 0 aliphatic carbocycles. The summed E-state index contributed by atoms with van der Waals surface area (Å²) < 4.78 is 2.76. The van der Waals surface area contributed by atoms with Gasteiger partial charge in [0.2, 0.25) is 0 Å². The second-order valence-corrected chi connectivity index (χ2v) is 12.3. The fraction of sp³-hybridized carbons (Fsp3) is 0.250. The van der Waals surface area contributed by atoms with Crippen LogP contribution in [0.25, 0.3) is 42.0 Å². The minimum absolute atomic E-state index is 0.150. The molecule has 0 fully saturated rings. The fourth-order valence-corrected chi connectivity index (χ4v) is 5.83. The number of fused-ring (bicyclic) bond motifs is 6. The molecule has 2 aromatic heterocycles. The van der Waals surface area contributed by atoms with E-state index in [1.165, 1.54) is 53.1 Å². The molecule has 0 atom stereocenters. The van der Waals surface area contributed by atoms with E-state index in [4.69, 9.17) is 0 Å². The van der Waals surface area contributed by atoms with E-state index in [-0.39, 0.29) is 10.8 Å². The Morgan fingerprint density at radius 3 is 1.76 bits per heavy atom. The molecule has 0 bridgehead atoms. The lowest BCUT2D eigenvalue weighted by Gasteiger charge is -2.21. The second-order valence-electron chi connectivity index (χ2n) is 11.2. The maximum Gasteiger partial charge on any atom is 0.0467 e. The van der Waals surface area contributed by atoms with Gasteiger partial charge in [0.1, 0.15) is 0 Å². The van der Waals surface area contributed by atoms with Gasteiger partial charge < -0.3 is 4.98 Å². The first kappa shape index (κ1) is 22.7. The SMILES string of the molecule is CC(C)(C)c1ccc2c(c1)[nH]c1cccc(C(C)(C)C)c12.c1ccc2c(c1)sc1ccccc12. The van der Waals surface area contributed by atoms with Crippen LogP contribution < -0.4 is 0 Å². The Morgan fingerprint density at radius 1 is 0.559 bits per heavy atom. The van der Waals surface area contributed by atoms with Crippen LogP contribution in [0.15, 0.2) is 84.9 Å². The van der Waals surface area contributed by atoms with Gasteiger partial charge in [-0.2, -0.15) is 0 Å². The van der Waals surface area contributed by atoms with Crippen LogP contribution >= 0.6 is 11.3 Å². The summed E-state index contributed by atoms with van der Waals surface area (Å²) in [5.74, 6) is 0. The molecule has 172 valence electrons. The summed E-state index contributed by atoms with van der Waals surface area (Å²) >= 11 is 1.86. The molecule has 2 heterocycles. The van der Waals surface area contributed by atoms with Gasteiger partial charge in [-0.15, -0.1) is 11.3 Å². The summed E-state index contributed by atoms with van der Waals surface area (Å²) in [5, 5.41) is 5.47. The van der Waals surface area contributed by atoms with Crippen molar-refractivity contribution in [3.63, 3.8) is 0 Å². The third-order valence-corrected chi connectivity index (χ3v) is 7.73. The van der Waals surface area contributed by atoms with Crippen molar-refractivity contribution in [3.05, 3.63) is 96.1 Å². The van der Waals surface area contributed by atoms with Crippen molar-refractivity contribution in [2.45, 2.75) is 52.4 Å². The Bertz CT molecular complexity index is 1570. The molecular weight excluding hydrogens is 430 g/mol. The van der Waals surface area contributed by atoms with Gasteiger partial charge in [0.15, 0.2) is 0 Å². The van der Waals surface area contributed by atoms with Crippen molar-refractivity contribution in [1.82, 2.24) is 4.98 Å². The molecule has 0 saturated carbocycles. The highest BCUT2D eigenvalue weighted by atomic mass is 32.1. The third kappa shape index (κ3) is 4.12. The van der Waals surface area contributed by atoms with E-state index in [1.807, 2.05) is 11.3 Å². The molecule has 6 aromatic rings. The predicted octanol–water partition coefficient (Wildman–Crippen LogP) is 9.97. The Morgan fingerprint density at radius 2 is 1.18 bits per heavy atom. The first-order valence-electron chi connectivity index (χ1n) is 12.0. The Hall–Kier alpha value is -3.10. The molecule has 0 aliphatic rings. The second kappa shape index (κ2) is 8.29. The quantitative estimate of drug-likeness (QED) is 0.231. The molecular formula is C32H33NS. The zero-order chi connectivity index (χ0) is 24.1. The fourth-order valence-electron chi connectivity index (χ4n) is 4.72. The summed E-state index contributed by atoms with van der Waals surface area (Å²) in [6.07, 6.45) is 0. The van der Waals surface area contributed by atoms with Crippen molar-refractivity contribution < 1.29 is 0 Å². The zero-order valence-corrected chi connectivity index (χ0v) is 21.8. The maximum atomic E-state index is 3.60. The molecule has 0 radical (unpaired) electrons. The van der Waals surface area contributed by atoms with Crippen LogP contribution in [0.1, 0.15) is 52.7 Å². The predicted molar refractivity (Wildman–Crippen MR) is 153 cm³/mol. The average Bonchev–Trinajstić information content (AvgIpc) is 3.36. The molecule has 0 unspecified atom stereocenters. The number of thiophene rings is 1. The van der Waals surface area contributed by atoms with Gasteiger partial charge in [-0.3, -0.25) is 0 Å². The smallest absolute Gasteiger partial charge is 0.0467 e. The van der Waals surface area contributed by atoms with Crippen LogP contribution in [-0.4, -0.2) is 4.98 Å². The first-order chi connectivity index (χ1) is 16.1. The monoisotopic (exact) mass is 463 g/mol. The summed E-state index contributed by atoms with van der Waals surface area (Å²) in [5.41, 5.74) is 5.60. The number of H-pyrrole nitrogens is 1. The van der Waals surface area contributed by atoms with E-state index in [0.29, 0.717) is 0 Å². The highest BCUT2D eigenvalue weighted by molar-refractivity contribution is 7.25. The van der Waals surface area contributed by atoms with Crippen molar-refractivity contribution in [1.29, 1.82) is 0 Å². The summed E-state index contributed by atoms with van der Waals surface area (Å²) in [4.78, 5) is 3.60. The number of nitrogens with one attached hydrogen (secondary N) is 1. The van der Waals surface area contributed by atoms with Crippen LogP contribution in [0, 0.1) is 0 Å². The number of rotatable bonds is 0. The topological polar surface area (TPSA) is 15.8 Å². The summed E-state index contributed by atoms with van der Waals surface area (Å²) in [7, 11) is 0. The average molecular weight is 464 g/mol. The van der Waals surface area contributed by atoms with Crippen molar-refractivity contribution in [3.8, 4) is 0 Å². The van der Waals surface area contributed by atoms with Crippen LogP contribution in [-0.2, 0) is 10.8 Å². The first-order valence-corrected chi connectivity index (χ1v) is 12.9. The van der Waals surface area contributed by atoms with Gasteiger partial charge in [0, 0.05) is 42.0 Å². The van der Waals surface area contributed by atoms with E-state index in [9.17, 15) is 0 Å². The molecule has 1 N–H and O–H groups in total. The van der Waals surface area contributed by atoms with Crippen LogP contribution in [0.3, 0.4) is 0 Å². The number of aromatic nitrogens is 1. The lowest BCUT2D eigenvalue weighted by molar-refractivity contribution is 0.591. The Kier molecular flexibility index (Phi) is 5.53. The van der Waals surface area contributed by atoms with E-state index in [0.717, 1.165) is 0 Å². The molecule has 0 saturated heterocycles. The number of aromatic amines is 1. The van der Waals surface area contributed by atoms with Gasteiger partial charge in [-0.05, 0) is 46.2 Å². The van der Waals surface area contributed by atoms with Gasteiger partial charge in [0.05, 0.1) is 0 Å². The minimum Gasteiger partial charge on any atom is -0.354 e. The molecule has 2 heteroatoms. The van der Waals surface area contributed by atoms with Crippen LogP contribution in [0.5, 0.6) is 0 Å². The van der Waals surface area contributed by atoms with E-state index >= 15 is 0 Å². The number of hydrogen-bond donors (Lipinski definition) is 1. The van der Waals surface area contributed by atoms with Gasteiger partial charge in [0.25, 0.3) is 0 Å². The van der Waals surface area contributed by atoms with E-state index in [2.05, 4.69) is 131 Å². The van der Waals surface area contributed by atoms with Crippen molar-refractivity contribution in [2.24, 2.45) is 0 Å². The minimum atomic E-state index is 0.150. The van der Waals surface area contributed by atoms with Crippen LogP contribution in [0.2, 0.25) is 0 Å². The highest BCUT2D eigenvalue weighted by Crippen LogP contribution is 2.37. The maximum absolute atomic E-state index is 3.60. The van der Waals surface area contributed by atoms with Gasteiger partial charge in [-0.25, -0.2) is 0 Å². The van der Waals surface area contributed by atoms with Gasteiger partial charge in [-0.1, -0.05) is 102 Å². The molecule has 6 rings (SSSR count). The van der Waals surface area contributed by atoms with Crippen LogP contribution in [0.4, 0.5) is 0 Å². The molecule has 0 amide bonds. The Labute approximate surface area is 206 Å². The number of benzene rings is 4.